The molecule has 4 rings (SSSR count). The quantitative estimate of drug-likeness (QED) is 0.745. The number of likely N-dealkylation sites (tertiary alicyclic amines) is 1. The van der Waals surface area contributed by atoms with Gasteiger partial charge in [-0.15, -0.1) is 0 Å². The van der Waals surface area contributed by atoms with Crippen molar-refractivity contribution < 1.29 is 4.39 Å². The summed E-state index contributed by atoms with van der Waals surface area (Å²) in [6.07, 6.45) is 5.07. The molecule has 2 aliphatic heterocycles. The number of aromatic nitrogens is 1. The summed E-state index contributed by atoms with van der Waals surface area (Å²) in [5, 5.41) is 0.966. The average Bonchev–Trinajstić information content (AvgIpc) is 3.02. The Labute approximate surface area is 151 Å². The highest BCUT2D eigenvalue weighted by molar-refractivity contribution is 9.10. The summed E-state index contributed by atoms with van der Waals surface area (Å²) in [5.74, 6) is 0.714. The van der Waals surface area contributed by atoms with Crippen molar-refractivity contribution in [1.82, 2.24) is 9.88 Å². The van der Waals surface area contributed by atoms with Crippen LogP contribution < -0.4 is 4.90 Å². The van der Waals surface area contributed by atoms with E-state index in [1.807, 2.05) is 6.07 Å². The predicted octanol–water partition coefficient (Wildman–Crippen LogP) is 4.59. The molecule has 3 nitrogen and oxygen atoms in total. The van der Waals surface area contributed by atoms with Gasteiger partial charge in [-0.2, -0.15) is 0 Å². The van der Waals surface area contributed by atoms with Gasteiger partial charge in [-0.1, -0.05) is 0 Å². The lowest BCUT2D eigenvalue weighted by molar-refractivity contribution is 0.163. The number of piperidine rings is 1. The Morgan fingerprint density at radius 1 is 1.12 bits per heavy atom. The number of pyridine rings is 1. The van der Waals surface area contributed by atoms with Crippen LogP contribution in [0.4, 0.5) is 10.2 Å². The van der Waals surface area contributed by atoms with Crippen molar-refractivity contribution in [3.63, 3.8) is 0 Å². The van der Waals surface area contributed by atoms with Gasteiger partial charge < -0.3 is 4.90 Å². The smallest absolute Gasteiger partial charge is 0.139 e. The molecular weight excluding hydrogens is 369 g/mol. The van der Waals surface area contributed by atoms with Crippen LogP contribution in [-0.2, 0) is 0 Å². The standard InChI is InChI=1S/C19H23BrFN3/c1-13-3-2-8-24(13)15-6-9-23(10-7-15)19-5-4-14-11-16(20)17(21)12-18(14)22-19/h4-5,11-13,15H,2-3,6-10H2,1H3. The largest absolute Gasteiger partial charge is 0.356 e. The minimum absolute atomic E-state index is 0.256. The highest BCUT2D eigenvalue weighted by Crippen LogP contribution is 2.29. The van der Waals surface area contributed by atoms with Crippen molar-refractivity contribution in [3.8, 4) is 0 Å². The molecule has 0 amide bonds. The molecule has 1 aromatic carbocycles. The van der Waals surface area contributed by atoms with E-state index in [1.54, 1.807) is 6.07 Å². The number of hydrogen-bond acceptors (Lipinski definition) is 3. The van der Waals surface area contributed by atoms with Crippen LogP contribution in [-0.4, -0.2) is 41.6 Å². The Kier molecular flexibility index (Phi) is 4.48. The lowest BCUT2D eigenvalue weighted by Crippen LogP contribution is -2.46. The summed E-state index contributed by atoms with van der Waals surface area (Å²) in [7, 11) is 0. The zero-order valence-electron chi connectivity index (χ0n) is 14.0. The molecule has 1 unspecified atom stereocenters. The molecule has 0 spiro atoms. The monoisotopic (exact) mass is 391 g/mol. The lowest BCUT2D eigenvalue weighted by atomic mass is 10.0. The molecule has 2 fully saturated rings. The normalized spacial score (nSPS) is 23.3. The second-order valence-electron chi connectivity index (χ2n) is 7.08. The first-order chi connectivity index (χ1) is 11.6. The van der Waals surface area contributed by atoms with Crippen LogP contribution in [0.2, 0.25) is 0 Å². The SMILES string of the molecule is CC1CCCN1C1CCN(c2ccc3cc(Br)c(F)cc3n2)CC1. The van der Waals surface area contributed by atoms with Gasteiger partial charge in [0.25, 0.3) is 0 Å². The topological polar surface area (TPSA) is 19.4 Å². The summed E-state index contributed by atoms with van der Waals surface area (Å²) < 4.78 is 14.3. The van der Waals surface area contributed by atoms with Crippen LogP contribution in [0.5, 0.6) is 0 Å². The molecule has 24 heavy (non-hydrogen) atoms. The molecule has 0 saturated carbocycles. The van der Waals surface area contributed by atoms with Crippen LogP contribution in [0.15, 0.2) is 28.7 Å². The number of fused-ring (bicyclic) bond motifs is 1. The lowest BCUT2D eigenvalue weighted by Gasteiger charge is -2.39. The van der Waals surface area contributed by atoms with Gasteiger partial charge in [0, 0.05) is 36.6 Å². The Morgan fingerprint density at radius 3 is 2.62 bits per heavy atom. The van der Waals surface area contributed by atoms with Gasteiger partial charge >= 0.3 is 0 Å². The summed E-state index contributed by atoms with van der Waals surface area (Å²) >= 11 is 3.24. The number of nitrogens with zero attached hydrogens (tertiary/aromatic N) is 3. The predicted molar refractivity (Wildman–Crippen MR) is 100 cm³/mol. The Hall–Kier alpha value is -1.20. The van der Waals surface area contributed by atoms with E-state index in [0.717, 1.165) is 35.9 Å². The number of anilines is 1. The number of halogens is 2. The summed E-state index contributed by atoms with van der Waals surface area (Å²) in [6, 6.07) is 8.86. The van der Waals surface area contributed by atoms with Crippen molar-refractivity contribution in [2.24, 2.45) is 0 Å². The van der Waals surface area contributed by atoms with Crippen molar-refractivity contribution >= 4 is 32.7 Å². The highest BCUT2D eigenvalue weighted by Gasteiger charge is 2.30. The average molecular weight is 392 g/mol. The van der Waals surface area contributed by atoms with Gasteiger partial charge in [-0.05, 0) is 73.3 Å². The number of rotatable bonds is 2. The third-order valence-electron chi connectivity index (χ3n) is 5.58. The third-order valence-corrected chi connectivity index (χ3v) is 6.19. The van der Waals surface area contributed by atoms with E-state index >= 15 is 0 Å². The van der Waals surface area contributed by atoms with Gasteiger partial charge in [0.05, 0.1) is 9.99 Å². The van der Waals surface area contributed by atoms with E-state index in [0.29, 0.717) is 10.5 Å². The fraction of sp³-hybridized carbons (Fsp3) is 0.526. The van der Waals surface area contributed by atoms with E-state index in [1.165, 1.54) is 38.3 Å². The maximum atomic E-state index is 13.8. The van der Waals surface area contributed by atoms with Crippen LogP contribution in [0.3, 0.4) is 0 Å². The van der Waals surface area contributed by atoms with E-state index in [2.05, 4.69) is 43.7 Å². The fourth-order valence-electron chi connectivity index (χ4n) is 4.21. The number of hydrogen-bond donors (Lipinski definition) is 0. The first kappa shape index (κ1) is 16.3. The maximum absolute atomic E-state index is 13.8. The summed E-state index contributed by atoms with van der Waals surface area (Å²) in [4.78, 5) is 9.73. The van der Waals surface area contributed by atoms with Crippen molar-refractivity contribution in [2.45, 2.75) is 44.7 Å². The number of benzene rings is 1. The molecule has 5 heteroatoms. The molecule has 2 aliphatic rings. The first-order valence-corrected chi connectivity index (χ1v) is 9.67. The highest BCUT2D eigenvalue weighted by atomic mass is 79.9. The van der Waals surface area contributed by atoms with E-state index in [-0.39, 0.29) is 5.82 Å². The molecule has 1 aromatic heterocycles. The molecular formula is C19H23BrFN3. The molecule has 2 saturated heterocycles. The second kappa shape index (κ2) is 6.60. The van der Waals surface area contributed by atoms with Gasteiger partial charge in [0.1, 0.15) is 11.6 Å². The van der Waals surface area contributed by atoms with Gasteiger partial charge in [0.2, 0.25) is 0 Å². The van der Waals surface area contributed by atoms with E-state index < -0.39 is 0 Å². The molecule has 2 aromatic rings. The third kappa shape index (κ3) is 3.04. The fourth-order valence-corrected chi connectivity index (χ4v) is 4.57. The summed E-state index contributed by atoms with van der Waals surface area (Å²) in [6.45, 7) is 5.68. The zero-order valence-corrected chi connectivity index (χ0v) is 15.6. The minimum Gasteiger partial charge on any atom is -0.356 e. The summed E-state index contributed by atoms with van der Waals surface area (Å²) in [5.41, 5.74) is 0.725. The molecule has 0 bridgehead atoms. The zero-order chi connectivity index (χ0) is 16.7. The molecule has 128 valence electrons. The van der Waals surface area contributed by atoms with Gasteiger partial charge in [0.15, 0.2) is 0 Å². The molecule has 3 heterocycles. The van der Waals surface area contributed by atoms with Crippen molar-refractivity contribution in [1.29, 1.82) is 0 Å². The van der Waals surface area contributed by atoms with Crippen LogP contribution >= 0.6 is 15.9 Å². The van der Waals surface area contributed by atoms with Crippen molar-refractivity contribution in [2.75, 3.05) is 24.5 Å². The van der Waals surface area contributed by atoms with Gasteiger partial charge in [-0.25, -0.2) is 9.37 Å². The van der Waals surface area contributed by atoms with Crippen molar-refractivity contribution in [3.05, 3.63) is 34.6 Å². The molecule has 0 radical (unpaired) electrons. The molecule has 1 atom stereocenters. The molecule has 0 N–H and O–H groups in total. The van der Waals surface area contributed by atoms with E-state index in [9.17, 15) is 4.39 Å². The Bertz CT molecular complexity index is 743. The second-order valence-corrected chi connectivity index (χ2v) is 7.93. The first-order valence-electron chi connectivity index (χ1n) is 8.88. The molecule has 0 aliphatic carbocycles. The van der Waals surface area contributed by atoms with Crippen LogP contribution in [0.25, 0.3) is 10.9 Å². The van der Waals surface area contributed by atoms with Crippen LogP contribution in [0, 0.1) is 5.82 Å². The minimum atomic E-state index is -0.256. The Morgan fingerprint density at radius 2 is 1.92 bits per heavy atom. The van der Waals surface area contributed by atoms with E-state index in [4.69, 9.17) is 0 Å². The Balaban J connectivity index is 1.49. The van der Waals surface area contributed by atoms with Crippen LogP contribution in [0.1, 0.15) is 32.6 Å². The maximum Gasteiger partial charge on any atom is 0.139 e. The van der Waals surface area contributed by atoms with Gasteiger partial charge in [-0.3, -0.25) is 4.90 Å².